The minimum atomic E-state index is -2.61. The quantitative estimate of drug-likeness (QED) is 0.280. The first-order valence-corrected chi connectivity index (χ1v) is 12.7. The van der Waals surface area contributed by atoms with Gasteiger partial charge in [-0.05, 0) is 48.4 Å². The van der Waals surface area contributed by atoms with Crippen LogP contribution < -0.4 is 10.9 Å². The number of nitrogens with zero attached hydrogens (tertiary/aromatic N) is 10. The minimum Gasteiger partial charge on any atom is -0.394 e. The summed E-state index contributed by atoms with van der Waals surface area (Å²) >= 11 is 6.19. The summed E-state index contributed by atoms with van der Waals surface area (Å²) in [5, 5.41) is 29.2. The lowest BCUT2D eigenvalue weighted by molar-refractivity contribution is 0.269. The molecule has 14 heteroatoms. The molecule has 0 fully saturated rings. The fourth-order valence-electron chi connectivity index (χ4n) is 4.93. The summed E-state index contributed by atoms with van der Waals surface area (Å²) in [4.78, 5) is 23.3. The van der Waals surface area contributed by atoms with Crippen LogP contribution in [0.3, 0.4) is 0 Å². The minimum absolute atomic E-state index is 0.0142. The van der Waals surface area contributed by atoms with Crippen molar-refractivity contribution in [2.75, 3.05) is 11.9 Å². The van der Waals surface area contributed by atoms with E-state index in [0.29, 0.717) is 44.8 Å². The van der Waals surface area contributed by atoms with E-state index in [1.807, 2.05) is 30.4 Å². The highest BCUT2D eigenvalue weighted by Gasteiger charge is 2.22. The summed E-state index contributed by atoms with van der Waals surface area (Å²) in [7, 11) is 1.70. The van der Waals surface area contributed by atoms with E-state index < -0.39 is 13.0 Å². The van der Waals surface area contributed by atoms with Crippen molar-refractivity contribution >= 4 is 33.8 Å². The standard InChI is InChI=1S/C26H26ClN11O2/c1-14-9-17(15(2)30-19-5-6-20(27)31-22(19)24-32-34-36(4)33-24)23-18(10-14)26(40)35(3)25-21(28-13-38(23)25)16-11-29-37(12-16)7-8-39/h5-6,9-13,15,30,39H,7-8H2,1-4H3/i4D3. The molecule has 0 aliphatic heterocycles. The van der Waals surface area contributed by atoms with Crippen molar-refractivity contribution in [3.05, 3.63) is 69.6 Å². The molecular weight excluding hydrogens is 534 g/mol. The Balaban J connectivity index is 1.49. The number of rotatable bonds is 7. The first kappa shape index (κ1) is 22.2. The molecule has 0 bridgehead atoms. The Morgan fingerprint density at radius 2 is 2.10 bits per heavy atom. The second kappa shape index (κ2) is 9.84. The molecule has 0 saturated heterocycles. The summed E-state index contributed by atoms with van der Waals surface area (Å²) in [5.74, 6) is -0.0142. The van der Waals surface area contributed by atoms with Gasteiger partial charge >= 0.3 is 0 Å². The second-order valence-corrected chi connectivity index (χ2v) is 9.80. The molecule has 40 heavy (non-hydrogen) atoms. The maximum Gasteiger partial charge on any atom is 0.261 e. The zero-order valence-electron chi connectivity index (χ0n) is 24.7. The van der Waals surface area contributed by atoms with Crippen LogP contribution in [0.5, 0.6) is 0 Å². The van der Waals surface area contributed by atoms with Gasteiger partial charge in [0, 0.05) is 22.9 Å². The van der Waals surface area contributed by atoms with Crippen LogP contribution >= 0.6 is 11.6 Å². The third-order valence-electron chi connectivity index (χ3n) is 6.68. The lowest BCUT2D eigenvalue weighted by Crippen LogP contribution is -2.21. The van der Waals surface area contributed by atoms with Gasteiger partial charge in [-0.3, -0.25) is 18.4 Å². The lowest BCUT2D eigenvalue weighted by Gasteiger charge is -2.21. The molecule has 1 atom stereocenters. The molecule has 1 aromatic carbocycles. The molecule has 0 radical (unpaired) electrons. The van der Waals surface area contributed by atoms with Crippen molar-refractivity contribution in [2.24, 2.45) is 14.0 Å². The Morgan fingerprint density at radius 3 is 2.88 bits per heavy atom. The first-order valence-electron chi connectivity index (χ1n) is 13.8. The van der Waals surface area contributed by atoms with Gasteiger partial charge < -0.3 is 10.4 Å². The van der Waals surface area contributed by atoms with Crippen molar-refractivity contribution in [2.45, 2.75) is 26.4 Å². The van der Waals surface area contributed by atoms with Crippen LogP contribution in [-0.4, -0.2) is 60.6 Å². The number of hydrogen-bond donors (Lipinski definition) is 2. The summed E-state index contributed by atoms with van der Waals surface area (Å²) in [6.45, 7) is 1.52. The van der Waals surface area contributed by atoms with E-state index in [4.69, 9.17) is 15.7 Å². The Hall–Kier alpha value is -4.62. The number of pyridine rings is 1. The molecule has 0 saturated carbocycles. The molecule has 0 aliphatic carbocycles. The van der Waals surface area contributed by atoms with Crippen LogP contribution in [0.1, 0.15) is 28.2 Å². The van der Waals surface area contributed by atoms with E-state index in [-0.39, 0.29) is 28.8 Å². The molecule has 6 aromatic rings. The largest absolute Gasteiger partial charge is 0.394 e. The SMILES string of the molecule is [2H]C([2H])([2H])n1nnc(-c2nc(Cl)ccc2NC(C)c2cc(C)cc3c(=O)n(C)c4c(-c5cnn(CCO)c5)ncn4c23)n1. The number of aromatic nitrogens is 10. The molecule has 1 unspecified atom stereocenters. The number of benzene rings is 1. The van der Waals surface area contributed by atoms with Crippen LogP contribution in [0.4, 0.5) is 5.69 Å². The smallest absolute Gasteiger partial charge is 0.261 e. The fourth-order valence-corrected chi connectivity index (χ4v) is 5.08. The zero-order valence-corrected chi connectivity index (χ0v) is 22.5. The van der Waals surface area contributed by atoms with E-state index >= 15 is 0 Å². The van der Waals surface area contributed by atoms with Crippen molar-refractivity contribution in [1.82, 2.24) is 48.9 Å². The molecule has 0 spiro atoms. The van der Waals surface area contributed by atoms with E-state index in [1.54, 1.807) is 47.2 Å². The number of aryl methyl sites for hydroxylation is 3. The van der Waals surface area contributed by atoms with E-state index in [1.165, 1.54) is 0 Å². The highest BCUT2D eigenvalue weighted by molar-refractivity contribution is 6.29. The van der Waals surface area contributed by atoms with Crippen molar-refractivity contribution < 1.29 is 9.22 Å². The van der Waals surface area contributed by atoms with Crippen LogP contribution in [0, 0.1) is 6.92 Å². The number of fused-ring (bicyclic) bond motifs is 3. The maximum absolute atomic E-state index is 13.7. The molecule has 5 heterocycles. The molecular formula is C26H26ClN11O2. The number of nitrogens with one attached hydrogen (secondary N) is 1. The third kappa shape index (κ3) is 4.28. The van der Waals surface area contributed by atoms with Crippen molar-refractivity contribution in [3.63, 3.8) is 0 Å². The van der Waals surface area contributed by atoms with Gasteiger partial charge in [0.05, 0.1) is 49.0 Å². The van der Waals surface area contributed by atoms with Crippen LogP contribution in [-0.2, 0) is 20.6 Å². The Bertz CT molecular complexity index is 2060. The summed E-state index contributed by atoms with van der Waals surface area (Å²) in [5.41, 5.74) is 4.73. The Morgan fingerprint density at radius 1 is 1.25 bits per heavy atom. The monoisotopic (exact) mass is 562 g/mol. The van der Waals surface area contributed by atoms with E-state index in [2.05, 4.69) is 35.8 Å². The van der Waals surface area contributed by atoms with Crippen molar-refractivity contribution in [1.29, 1.82) is 0 Å². The van der Waals surface area contributed by atoms with Gasteiger partial charge in [-0.15, -0.1) is 10.2 Å². The van der Waals surface area contributed by atoms with E-state index in [9.17, 15) is 9.90 Å². The third-order valence-corrected chi connectivity index (χ3v) is 6.89. The zero-order chi connectivity index (χ0) is 30.6. The van der Waals surface area contributed by atoms with Gasteiger partial charge in [0.15, 0.2) is 0 Å². The van der Waals surface area contributed by atoms with Gasteiger partial charge in [0.1, 0.15) is 28.5 Å². The molecule has 0 aliphatic rings. The number of imidazole rings is 1. The van der Waals surface area contributed by atoms with Gasteiger partial charge in [0.2, 0.25) is 5.82 Å². The van der Waals surface area contributed by atoms with Crippen molar-refractivity contribution in [3.8, 4) is 22.8 Å². The number of aliphatic hydroxyl groups is 1. The normalized spacial score (nSPS) is 13.9. The number of anilines is 1. The van der Waals surface area contributed by atoms with Crippen LogP contribution in [0.15, 0.2) is 47.8 Å². The average Bonchev–Trinajstić information content (AvgIpc) is 3.72. The fraction of sp³-hybridized carbons (Fsp3) is 0.269. The number of halogens is 1. The van der Waals surface area contributed by atoms with Gasteiger partial charge in [-0.1, -0.05) is 17.7 Å². The van der Waals surface area contributed by atoms with Crippen LogP contribution in [0.2, 0.25) is 5.15 Å². The lowest BCUT2D eigenvalue weighted by atomic mass is 10.0. The summed E-state index contributed by atoms with van der Waals surface area (Å²) < 4.78 is 27.7. The number of hydrogen-bond acceptors (Lipinski definition) is 9. The predicted octanol–water partition coefficient (Wildman–Crippen LogP) is 2.76. The predicted molar refractivity (Wildman–Crippen MR) is 150 cm³/mol. The highest BCUT2D eigenvalue weighted by Crippen LogP contribution is 2.33. The molecule has 204 valence electrons. The maximum atomic E-state index is 13.7. The summed E-state index contributed by atoms with van der Waals surface area (Å²) in [6, 6.07) is 6.73. The number of tetrazole rings is 1. The topological polar surface area (TPSA) is 146 Å². The van der Waals surface area contributed by atoms with Crippen LogP contribution in [0.25, 0.3) is 39.3 Å². The first-order chi connectivity index (χ1) is 20.5. The Kier molecular flexibility index (Phi) is 5.47. The van der Waals surface area contributed by atoms with E-state index in [0.717, 1.165) is 11.1 Å². The second-order valence-electron chi connectivity index (χ2n) is 9.42. The Labute approximate surface area is 236 Å². The summed E-state index contributed by atoms with van der Waals surface area (Å²) in [6.07, 6.45) is 5.10. The highest BCUT2D eigenvalue weighted by atomic mass is 35.5. The molecule has 13 nitrogen and oxygen atoms in total. The molecule has 6 rings (SSSR count). The van der Waals surface area contributed by atoms with Gasteiger partial charge in [-0.25, -0.2) is 9.97 Å². The average molecular weight is 563 g/mol. The van der Waals surface area contributed by atoms with Gasteiger partial charge in [0.25, 0.3) is 5.56 Å². The number of aliphatic hydroxyl groups excluding tert-OH is 1. The molecule has 2 N–H and O–H groups in total. The molecule has 0 amide bonds. The van der Waals surface area contributed by atoms with Gasteiger partial charge in [-0.2, -0.15) is 9.90 Å². The molecule has 5 aromatic heterocycles.